The maximum atomic E-state index is 5.37. The molecule has 0 atom stereocenters. The zero-order valence-electron chi connectivity index (χ0n) is 12.3. The molecule has 4 nitrogen and oxygen atoms in total. The van der Waals surface area contributed by atoms with Crippen LogP contribution in [0.3, 0.4) is 0 Å². The van der Waals surface area contributed by atoms with Crippen LogP contribution in [0.5, 0.6) is 11.5 Å². The van der Waals surface area contributed by atoms with Crippen LogP contribution in [0.1, 0.15) is 19.0 Å². The molecule has 2 rings (SSSR count). The van der Waals surface area contributed by atoms with Gasteiger partial charge < -0.3 is 19.4 Å². The average Bonchev–Trinajstić information content (AvgIpc) is 2.92. The maximum Gasteiger partial charge on any atom is 0.142 e. The number of nitrogens with one attached hydrogen (secondary N) is 1. The highest BCUT2D eigenvalue weighted by molar-refractivity contribution is 5.59. The molecule has 1 aromatic heterocycles. The number of anilines is 1. The van der Waals surface area contributed by atoms with Crippen molar-refractivity contribution in [3.8, 4) is 11.5 Å². The lowest BCUT2D eigenvalue weighted by atomic mass is 10.2. The Bertz CT molecular complexity index is 549. The second-order valence-electron chi connectivity index (χ2n) is 4.61. The first-order valence-corrected chi connectivity index (χ1v) is 6.88. The molecule has 0 aliphatic heterocycles. The van der Waals surface area contributed by atoms with Gasteiger partial charge in [-0.1, -0.05) is 6.92 Å². The molecule has 0 spiro atoms. The predicted octanol–water partition coefficient (Wildman–Crippen LogP) is 3.53. The van der Waals surface area contributed by atoms with Crippen LogP contribution < -0.4 is 14.8 Å². The third-order valence-electron chi connectivity index (χ3n) is 3.25. The van der Waals surface area contributed by atoms with E-state index in [4.69, 9.17) is 9.47 Å². The molecule has 0 saturated carbocycles. The SMILES string of the molecule is CCCn1cccc1CNc1cc(OC)ccc1OC. The van der Waals surface area contributed by atoms with E-state index >= 15 is 0 Å². The fraction of sp³-hybridized carbons (Fsp3) is 0.375. The van der Waals surface area contributed by atoms with Crippen molar-refractivity contribution in [2.75, 3.05) is 19.5 Å². The Morgan fingerprint density at radius 2 is 2.00 bits per heavy atom. The van der Waals surface area contributed by atoms with Crippen LogP contribution in [0.4, 0.5) is 5.69 Å². The van der Waals surface area contributed by atoms with Crippen LogP contribution in [0.25, 0.3) is 0 Å². The summed E-state index contributed by atoms with van der Waals surface area (Å²) in [6, 6.07) is 9.97. The summed E-state index contributed by atoms with van der Waals surface area (Å²) in [6.07, 6.45) is 3.24. The Kier molecular flexibility index (Phi) is 4.93. The van der Waals surface area contributed by atoms with Gasteiger partial charge in [-0.3, -0.25) is 0 Å². The molecular weight excluding hydrogens is 252 g/mol. The van der Waals surface area contributed by atoms with Crippen molar-refractivity contribution >= 4 is 5.69 Å². The maximum absolute atomic E-state index is 5.37. The van der Waals surface area contributed by atoms with Gasteiger partial charge in [-0.25, -0.2) is 0 Å². The van der Waals surface area contributed by atoms with Gasteiger partial charge in [0.2, 0.25) is 0 Å². The molecule has 108 valence electrons. The highest BCUT2D eigenvalue weighted by Crippen LogP contribution is 2.29. The molecule has 0 radical (unpaired) electrons. The van der Waals surface area contributed by atoms with Gasteiger partial charge >= 0.3 is 0 Å². The van der Waals surface area contributed by atoms with Crippen LogP contribution >= 0.6 is 0 Å². The van der Waals surface area contributed by atoms with E-state index in [2.05, 4.69) is 35.1 Å². The van der Waals surface area contributed by atoms with Crippen molar-refractivity contribution in [1.29, 1.82) is 0 Å². The summed E-state index contributed by atoms with van der Waals surface area (Å²) in [7, 11) is 3.34. The Balaban J connectivity index is 2.11. The molecule has 0 unspecified atom stereocenters. The number of hydrogen-bond donors (Lipinski definition) is 1. The van der Waals surface area contributed by atoms with E-state index in [1.165, 1.54) is 5.69 Å². The van der Waals surface area contributed by atoms with Gasteiger partial charge in [0.25, 0.3) is 0 Å². The fourth-order valence-electron chi connectivity index (χ4n) is 2.21. The molecule has 1 N–H and O–H groups in total. The smallest absolute Gasteiger partial charge is 0.142 e. The van der Waals surface area contributed by atoms with Gasteiger partial charge in [0, 0.05) is 24.5 Å². The van der Waals surface area contributed by atoms with Crippen LogP contribution in [0.15, 0.2) is 36.5 Å². The first-order valence-electron chi connectivity index (χ1n) is 6.88. The summed E-state index contributed by atoms with van der Waals surface area (Å²) in [5.41, 5.74) is 2.20. The minimum Gasteiger partial charge on any atom is -0.497 e. The number of aromatic nitrogens is 1. The second-order valence-corrected chi connectivity index (χ2v) is 4.61. The van der Waals surface area contributed by atoms with E-state index < -0.39 is 0 Å². The molecule has 0 amide bonds. The number of methoxy groups -OCH3 is 2. The van der Waals surface area contributed by atoms with Gasteiger partial charge in [-0.2, -0.15) is 0 Å². The van der Waals surface area contributed by atoms with Crippen LogP contribution in [-0.2, 0) is 13.1 Å². The first kappa shape index (κ1) is 14.3. The number of aryl methyl sites for hydroxylation is 1. The van der Waals surface area contributed by atoms with Gasteiger partial charge in [-0.15, -0.1) is 0 Å². The predicted molar refractivity (Wildman–Crippen MR) is 81.6 cm³/mol. The van der Waals surface area contributed by atoms with E-state index in [0.29, 0.717) is 0 Å². The molecule has 2 aromatic rings. The minimum absolute atomic E-state index is 0.760. The molecule has 0 saturated heterocycles. The van der Waals surface area contributed by atoms with Crippen LogP contribution in [0.2, 0.25) is 0 Å². The largest absolute Gasteiger partial charge is 0.497 e. The topological polar surface area (TPSA) is 35.4 Å². The van der Waals surface area contributed by atoms with E-state index in [-0.39, 0.29) is 0 Å². The number of ether oxygens (including phenoxy) is 2. The van der Waals surface area contributed by atoms with Gasteiger partial charge in [0.05, 0.1) is 26.5 Å². The quantitative estimate of drug-likeness (QED) is 0.839. The second kappa shape index (κ2) is 6.89. The van der Waals surface area contributed by atoms with Crippen LogP contribution in [0, 0.1) is 0 Å². The summed E-state index contributed by atoms with van der Waals surface area (Å²) in [4.78, 5) is 0. The summed E-state index contributed by atoms with van der Waals surface area (Å²) < 4.78 is 12.9. The van der Waals surface area contributed by atoms with Crippen LogP contribution in [-0.4, -0.2) is 18.8 Å². The summed E-state index contributed by atoms with van der Waals surface area (Å²) in [6.45, 7) is 3.98. The summed E-state index contributed by atoms with van der Waals surface area (Å²) >= 11 is 0. The molecule has 0 bridgehead atoms. The summed E-state index contributed by atoms with van der Waals surface area (Å²) in [5, 5.41) is 3.41. The molecule has 4 heteroatoms. The fourth-order valence-corrected chi connectivity index (χ4v) is 2.21. The highest BCUT2D eigenvalue weighted by atomic mass is 16.5. The molecule has 0 fully saturated rings. The lowest BCUT2D eigenvalue weighted by Gasteiger charge is -2.14. The summed E-state index contributed by atoms with van der Waals surface area (Å²) in [5.74, 6) is 1.64. The Labute approximate surface area is 120 Å². The number of benzene rings is 1. The van der Waals surface area contributed by atoms with E-state index in [1.807, 2.05) is 18.2 Å². The molecular formula is C16H22N2O2. The monoisotopic (exact) mass is 274 g/mol. The molecule has 0 aliphatic carbocycles. The number of rotatable bonds is 7. The van der Waals surface area contributed by atoms with Crippen molar-refractivity contribution in [2.24, 2.45) is 0 Å². The third-order valence-corrected chi connectivity index (χ3v) is 3.25. The van der Waals surface area contributed by atoms with Gasteiger partial charge in [0.15, 0.2) is 0 Å². The minimum atomic E-state index is 0.760. The van der Waals surface area contributed by atoms with Gasteiger partial charge in [-0.05, 0) is 30.7 Å². The van der Waals surface area contributed by atoms with E-state index in [1.54, 1.807) is 14.2 Å². The van der Waals surface area contributed by atoms with E-state index in [0.717, 1.165) is 36.7 Å². The zero-order chi connectivity index (χ0) is 14.4. The third kappa shape index (κ3) is 3.26. The van der Waals surface area contributed by atoms with Crippen molar-refractivity contribution in [2.45, 2.75) is 26.4 Å². The standard InChI is InChI=1S/C16H22N2O2/c1-4-9-18-10-5-6-13(18)12-17-15-11-14(19-2)7-8-16(15)20-3/h5-8,10-11,17H,4,9,12H2,1-3H3. The van der Waals surface area contributed by atoms with Crippen molar-refractivity contribution < 1.29 is 9.47 Å². The highest BCUT2D eigenvalue weighted by Gasteiger charge is 2.06. The number of hydrogen-bond acceptors (Lipinski definition) is 3. The average molecular weight is 274 g/mol. The Morgan fingerprint density at radius 3 is 2.70 bits per heavy atom. The van der Waals surface area contributed by atoms with Crippen molar-refractivity contribution in [1.82, 2.24) is 4.57 Å². The molecule has 20 heavy (non-hydrogen) atoms. The first-order chi connectivity index (χ1) is 9.78. The number of nitrogens with zero attached hydrogens (tertiary/aromatic N) is 1. The lowest BCUT2D eigenvalue weighted by molar-refractivity contribution is 0.404. The van der Waals surface area contributed by atoms with Gasteiger partial charge in [0.1, 0.15) is 11.5 Å². The Morgan fingerprint density at radius 1 is 1.15 bits per heavy atom. The van der Waals surface area contributed by atoms with Crippen molar-refractivity contribution in [3.05, 3.63) is 42.2 Å². The van der Waals surface area contributed by atoms with E-state index in [9.17, 15) is 0 Å². The molecule has 0 aliphatic rings. The van der Waals surface area contributed by atoms with Crippen molar-refractivity contribution in [3.63, 3.8) is 0 Å². The zero-order valence-corrected chi connectivity index (χ0v) is 12.3. The molecule has 1 heterocycles. The molecule has 1 aromatic carbocycles. The normalized spacial score (nSPS) is 10.3. The Hall–Kier alpha value is -2.10. The lowest BCUT2D eigenvalue weighted by Crippen LogP contribution is -2.07.